The average Bonchev–Trinajstić information content (AvgIpc) is 2.73. The molecule has 28 heavy (non-hydrogen) atoms. The van der Waals surface area contributed by atoms with Crippen molar-refractivity contribution in [3.63, 3.8) is 0 Å². The molecule has 0 unspecified atom stereocenters. The van der Waals surface area contributed by atoms with E-state index in [0.717, 1.165) is 21.9 Å². The first kappa shape index (κ1) is 17.7. The molecule has 1 atom stereocenters. The van der Waals surface area contributed by atoms with Gasteiger partial charge in [0, 0.05) is 5.56 Å². The minimum absolute atomic E-state index is 0.128. The van der Waals surface area contributed by atoms with Gasteiger partial charge in [0.1, 0.15) is 17.4 Å². The Bertz CT molecular complexity index is 1130. The fourth-order valence-corrected chi connectivity index (χ4v) is 3.71. The number of ether oxygens (including phenoxy) is 3. The highest BCUT2D eigenvalue weighted by atomic mass is 16.5. The molecule has 1 aliphatic heterocycles. The summed E-state index contributed by atoms with van der Waals surface area (Å²) in [4.78, 5) is 0. The van der Waals surface area contributed by atoms with Crippen molar-refractivity contribution in [2.24, 2.45) is 5.73 Å². The Morgan fingerprint density at radius 1 is 1.11 bits per heavy atom. The van der Waals surface area contributed by atoms with Crippen LogP contribution in [0.15, 0.2) is 66.1 Å². The zero-order valence-electron chi connectivity index (χ0n) is 15.7. The summed E-state index contributed by atoms with van der Waals surface area (Å²) in [6.07, 6.45) is 0. The Morgan fingerprint density at radius 3 is 2.68 bits per heavy atom. The predicted octanol–water partition coefficient (Wildman–Crippen LogP) is 4.47. The second-order valence-electron chi connectivity index (χ2n) is 6.47. The molecule has 3 aromatic rings. The molecule has 2 N–H and O–H groups in total. The summed E-state index contributed by atoms with van der Waals surface area (Å²) in [6.45, 7) is 2.46. The van der Waals surface area contributed by atoms with Gasteiger partial charge in [0.2, 0.25) is 5.88 Å². The molecule has 4 rings (SSSR count). The lowest BCUT2D eigenvalue weighted by molar-refractivity contribution is 0.310. The van der Waals surface area contributed by atoms with Crippen molar-refractivity contribution < 1.29 is 14.2 Å². The maximum atomic E-state index is 9.83. The zero-order valence-corrected chi connectivity index (χ0v) is 15.7. The number of fused-ring (bicyclic) bond motifs is 3. The lowest BCUT2D eigenvalue weighted by Crippen LogP contribution is -2.21. The van der Waals surface area contributed by atoms with Gasteiger partial charge in [-0.15, -0.1) is 0 Å². The Morgan fingerprint density at radius 2 is 1.93 bits per heavy atom. The summed E-state index contributed by atoms with van der Waals surface area (Å²) in [5.41, 5.74) is 8.30. The van der Waals surface area contributed by atoms with Gasteiger partial charge < -0.3 is 19.9 Å². The summed E-state index contributed by atoms with van der Waals surface area (Å²) in [5, 5.41) is 11.9. The number of allylic oxidation sites excluding steroid dienone is 1. The van der Waals surface area contributed by atoms with E-state index in [1.165, 1.54) is 0 Å². The molecule has 0 radical (unpaired) electrons. The topological polar surface area (TPSA) is 77.5 Å². The summed E-state index contributed by atoms with van der Waals surface area (Å²) in [5.74, 6) is 1.71. The van der Waals surface area contributed by atoms with Crippen molar-refractivity contribution in [3.05, 3.63) is 77.2 Å². The third-order valence-electron chi connectivity index (χ3n) is 4.93. The second kappa shape index (κ2) is 7.16. The molecule has 0 bridgehead atoms. The molecule has 0 aliphatic carbocycles. The Kier molecular flexibility index (Phi) is 4.54. The lowest BCUT2D eigenvalue weighted by Gasteiger charge is -2.28. The minimum Gasteiger partial charge on any atom is -0.493 e. The van der Waals surface area contributed by atoms with Crippen molar-refractivity contribution in [3.8, 4) is 23.3 Å². The largest absolute Gasteiger partial charge is 0.493 e. The van der Waals surface area contributed by atoms with Crippen LogP contribution >= 0.6 is 0 Å². The van der Waals surface area contributed by atoms with Crippen LogP contribution in [0.4, 0.5) is 0 Å². The molecular weight excluding hydrogens is 352 g/mol. The first-order chi connectivity index (χ1) is 13.7. The smallest absolute Gasteiger partial charge is 0.205 e. The Balaban J connectivity index is 1.98. The van der Waals surface area contributed by atoms with Gasteiger partial charge in [-0.05, 0) is 41.5 Å². The monoisotopic (exact) mass is 372 g/mol. The summed E-state index contributed by atoms with van der Waals surface area (Å²) in [7, 11) is 1.60. The first-order valence-corrected chi connectivity index (χ1v) is 9.07. The van der Waals surface area contributed by atoms with Crippen LogP contribution < -0.4 is 19.9 Å². The van der Waals surface area contributed by atoms with Gasteiger partial charge in [-0.25, -0.2) is 0 Å². The normalized spacial score (nSPS) is 15.5. The SMILES string of the molecule is CCOc1ccc([C@@H]2C(C#N)=C(N)Oc3ccc4ccccc4c32)cc1OC. The number of nitrogens with two attached hydrogens (primary N) is 1. The molecule has 0 saturated carbocycles. The Labute approximate surface area is 163 Å². The van der Waals surface area contributed by atoms with Crippen LogP contribution in [0.5, 0.6) is 17.2 Å². The third kappa shape index (κ3) is 2.80. The molecule has 3 aromatic carbocycles. The van der Waals surface area contributed by atoms with E-state index in [9.17, 15) is 5.26 Å². The second-order valence-corrected chi connectivity index (χ2v) is 6.47. The van der Waals surface area contributed by atoms with E-state index in [1.54, 1.807) is 7.11 Å². The van der Waals surface area contributed by atoms with Crippen LogP contribution in [0, 0.1) is 11.3 Å². The molecule has 1 heterocycles. The van der Waals surface area contributed by atoms with E-state index < -0.39 is 0 Å². The molecule has 5 nitrogen and oxygen atoms in total. The average molecular weight is 372 g/mol. The van der Waals surface area contributed by atoms with Crippen LogP contribution in [0.2, 0.25) is 0 Å². The molecule has 0 amide bonds. The number of benzene rings is 3. The number of methoxy groups -OCH3 is 1. The quantitative estimate of drug-likeness (QED) is 0.731. The summed E-state index contributed by atoms with van der Waals surface area (Å²) in [6, 6.07) is 19.9. The molecule has 0 aromatic heterocycles. The van der Waals surface area contributed by atoms with Gasteiger partial charge in [0.25, 0.3) is 0 Å². The van der Waals surface area contributed by atoms with E-state index in [-0.39, 0.29) is 11.8 Å². The van der Waals surface area contributed by atoms with Gasteiger partial charge in [0.05, 0.1) is 19.6 Å². The van der Waals surface area contributed by atoms with Crippen LogP contribution in [-0.2, 0) is 0 Å². The highest BCUT2D eigenvalue weighted by molar-refractivity contribution is 5.90. The van der Waals surface area contributed by atoms with Crippen LogP contribution in [0.1, 0.15) is 24.0 Å². The van der Waals surface area contributed by atoms with Crippen molar-refractivity contribution in [1.82, 2.24) is 0 Å². The van der Waals surface area contributed by atoms with Crippen LogP contribution in [-0.4, -0.2) is 13.7 Å². The van der Waals surface area contributed by atoms with Gasteiger partial charge >= 0.3 is 0 Å². The van der Waals surface area contributed by atoms with Gasteiger partial charge in [-0.1, -0.05) is 36.4 Å². The standard InChI is InChI=1S/C23H20N2O3/c1-3-27-18-10-9-15(12-20(18)26-2)21-17(13-24)23(25)28-19-11-8-14-6-4-5-7-16(14)22(19)21/h4-12,21H,3,25H2,1-2H3/t21-/m1/s1. The fraction of sp³-hybridized carbons (Fsp3) is 0.174. The molecule has 0 spiro atoms. The fourth-order valence-electron chi connectivity index (χ4n) is 3.71. The summed E-state index contributed by atoms with van der Waals surface area (Å²) < 4.78 is 16.9. The van der Waals surface area contributed by atoms with E-state index >= 15 is 0 Å². The maximum Gasteiger partial charge on any atom is 0.205 e. The highest BCUT2D eigenvalue weighted by Gasteiger charge is 2.32. The highest BCUT2D eigenvalue weighted by Crippen LogP contribution is 2.46. The van der Waals surface area contributed by atoms with Crippen molar-refractivity contribution in [2.75, 3.05) is 13.7 Å². The van der Waals surface area contributed by atoms with Gasteiger partial charge in [0.15, 0.2) is 11.5 Å². The molecular formula is C23H20N2O3. The molecule has 5 heteroatoms. The lowest BCUT2D eigenvalue weighted by atomic mass is 9.81. The van der Waals surface area contributed by atoms with Gasteiger partial charge in [-0.3, -0.25) is 0 Å². The zero-order chi connectivity index (χ0) is 19.7. The van der Waals surface area contributed by atoms with E-state index in [1.807, 2.05) is 61.5 Å². The number of nitrogens with zero attached hydrogens (tertiary/aromatic N) is 1. The van der Waals surface area contributed by atoms with E-state index in [2.05, 4.69) is 6.07 Å². The molecule has 1 aliphatic rings. The van der Waals surface area contributed by atoms with E-state index in [4.69, 9.17) is 19.9 Å². The van der Waals surface area contributed by atoms with Crippen LogP contribution in [0.25, 0.3) is 10.8 Å². The summed E-state index contributed by atoms with van der Waals surface area (Å²) >= 11 is 0. The molecule has 0 fully saturated rings. The van der Waals surface area contributed by atoms with E-state index in [0.29, 0.717) is 29.4 Å². The first-order valence-electron chi connectivity index (χ1n) is 9.07. The third-order valence-corrected chi connectivity index (χ3v) is 4.93. The van der Waals surface area contributed by atoms with Crippen molar-refractivity contribution in [2.45, 2.75) is 12.8 Å². The molecule has 140 valence electrons. The predicted molar refractivity (Wildman–Crippen MR) is 107 cm³/mol. The number of nitriles is 1. The van der Waals surface area contributed by atoms with Crippen LogP contribution in [0.3, 0.4) is 0 Å². The number of rotatable bonds is 4. The van der Waals surface area contributed by atoms with Crippen molar-refractivity contribution >= 4 is 10.8 Å². The molecule has 0 saturated heterocycles. The minimum atomic E-state index is -0.357. The maximum absolute atomic E-state index is 9.83. The van der Waals surface area contributed by atoms with Crippen molar-refractivity contribution in [1.29, 1.82) is 5.26 Å². The van der Waals surface area contributed by atoms with Gasteiger partial charge in [-0.2, -0.15) is 5.26 Å². The number of hydrogen-bond donors (Lipinski definition) is 1. The number of hydrogen-bond acceptors (Lipinski definition) is 5. The Hall–Kier alpha value is -3.65.